The highest BCUT2D eigenvalue weighted by Crippen LogP contribution is 2.22. The monoisotopic (exact) mass is 322 g/mol. The Balaban J connectivity index is 1.78. The molecule has 0 amide bonds. The quantitative estimate of drug-likeness (QED) is 0.683. The highest BCUT2D eigenvalue weighted by Gasteiger charge is 2.10. The van der Waals surface area contributed by atoms with E-state index in [1.165, 1.54) is 0 Å². The first kappa shape index (κ1) is 14.1. The van der Waals surface area contributed by atoms with E-state index < -0.39 is 0 Å². The highest BCUT2D eigenvalue weighted by molar-refractivity contribution is 6.30. The van der Waals surface area contributed by atoms with E-state index in [-0.39, 0.29) is 5.38 Å². The van der Waals surface area contributed by atoms with Crippen LogP contribution in [0.25, 0.3) is 11.5 Å². The van der Waals surface area contributed by atoms with E-state index in [2.05, 4.69) is 15.3 Å². The Bertz CT molecular complexity index is 751. The fourth-order valence-corrected chi connectivity index (χ4v) is 2.16. The van der Waals surface area contributed by atoms with Crippen molar-refractivity contribution in [2.24, 2.45) is 0 Å². The minimum absolute atomic E-state index is 0.168. The first-order valence-corrected chi connectivity index (χ1v) is 7.17. The molecule has 0 aliphatic rings. The summed E-state index contributed by atoms with van der Waals surface area (Å²) in [5.41, 5.74) is 2.32. The third kappa shape index (κ3) is 3.25. The van der Waals surface area contributed by atoms with Gasteiger partial charge in [-0.2, -0.15) is 0 Å². The number of benzene rings is 1. The molecule has 0 N–H and O–H groups in total. The molecule has 0 radical (unpaired) electrons. The summed E-state index contributed by atoms with van der Waals surface area (Å²) >= 11 is 11.9. The number of oxazole rings is 1. The Kier molecular flexibility index (Phi) is 3.94. The van der Waals surface area contributed by atoms with Crippen molar-refractivity contribution in [1.29, 1.82) is 0 Å². The lowest BCUT2D eigenvalue weighted by Crippen LogP contribution is -2.00. The Morgan fingerprint density at radius 2 is 2.24 bits per heavy atom. The number of rotatable bonds is 4. The first-order chi connectivity index (χ1) is 10.1. The Morgan fingerprint density at radius 1 is 1.38 bits per heavy atom. The van der Waals surface area contributed by atoms with E-state index >= 15 is 0 Å². The smallest absolute Gasteiger partial charge is 0.226 e. The number of aromatic nitrogens is 4. The van der Waals surface area contributed by atoms with E-state index in [9.17, 15) is 0 Å². The van der Waals surface area contributed by atoms with Crippen molar-refractivity contribution in [1.82, 2.24) is 20.0 Å². The fourth-order valence-electron chi connectivity index (χ4n) is 1.87. The topological polar surface area (TPSA) is 56.7 Å². The molecule has 2 aromatic heterocycles. The Morgan fingerprint density at radius 3 is 2.95 bits per heavy atom. The van der Waals surface area contributed by atoms with Crippen LogP contribution in [0.2, 0.25) is 5.02 Å². The van der Waals surface area contributed by atoms with Crippen LogP contribution in [0.4, 0.5) is 0 Å². The third-order valence-electron chi connectivity index (χ3n) is 2.91. The third-order valence-corrected chi connectivity index (χ3v) is 3.37. The zero-order chi connectivity index (χ0) is 14.8. The van der Waals surface area contributed by atoms with Crippen LogP contribution in [0.3, 0.4) is 0 Å². The average molecular weight is 323 g/mol. The van der Waals surface area contributed by atoms with Crippen LogP contribution in [0, 0.1) is 0 Å². The summed E-state index contributed by atoms with van der Waals surface area (Å²) in [7, 11) is 0. The number of hydrogen-bond donors (Lipinski definition) is 0. The van der Waals surface area contributed by atoms with Crippen LogP contribution in [-0.4, -0.2) is 20.0 Å². The van der Waals surface area contributed by atoms with Gasteiger partial charge in [-0.25, -0.2) is 9.67 Å². The second kappa shape index (κ2) is 5.87. The van der Waals surface area contributed by atoms with Crippen molar-refractivity contribution in [3.8, 4) is 11.5 Å². The normalized spacial score (nSPS) is 12.5. The molecule has 3 rings (SSSR count). The van der Waals surface area contributed by atoms with Gasteiger partial charge in [-0.05, 0) is 25.1 Å². The Hall–Kier alpha value is -1.85. The second-order valence-electron chi connectivity index (χ2n) is 4.61. The van der Waals surface area contributed by atoms with Gasteiger partial charge in [-0.3, -0.25) is 0 Å². The molecule has 1 atom stereocenters. The molecule has 2 heterocycles. The molecule has 0 fully saturated rings. The summed E-state index contributed by atoms with van der Waals surface area (Å²) < 4.78 is 7.15. The van der Waals surface area contributed by atoms with Gasteiger partial charge in [0.05, 0.1) is 18.1 Å². The Labute approximate surface area is 131 Å². The molecule has 0 aliphatic heterocycles. The minimum Gasteiger partial charge on any atom is -0.444 e. The van der Waals surface area contributed by atoms with E-state index in [0.717, 1.165) is 17.0 Å². The molecule has 0 spiro atoms. The van der Waals surface area contributed by atoms with Crippen LogP contribution in [0.1, 0.15) is 23.7 Å². The molecule has 5 nitrogen and oxygen atoms in total. The lowest BCUT2D eigenvalue weighted by molar-refractivity contribution is 0.568. The molecule has 7 heteroatoms. The summed E-state index contributed by atoms with van der Waals surface area (Å²) in [6.45, 7) is 2.32. The first-order valence-electron chi connectivity index (χ1n) is 6.36. The maximum absolute atomic E-state index is 5.96. The molecular formula is C14H12Cl2N4O. The van der Waals surface area contributed by atoms with Crippen molar-refractivity contribution >= 4 is 23.2 Å². The summed E-state index contributed by atoms with van der Waals surface area (Å²) in [4.78, 5) is 4.42. The van der Waals surface area contributed by atoms with Gasteiger partial charge in [0, 0.05) is 10.6 Å². The molecule has 3 aromatic rings. The largest absolute Gasteiger partial charge is 0.444 e. The van der Waals surface area contributed by atoms with Crippen LogP contribution in [0.5, 0.6) is 0 Å². The summed E-state index contributed by atoms with van der Waals surface area (Å²) in [5, 5.41) is 8.48. The van der Waals surface area contributed by atoms with Gasteiger partial charge in [0.2, 0.25) is 5.89 Å². The lowest BCUT2D eigenvalue weighted by atomic mass is 10.2. The van der Waals surface area contributed by atoms with Crippen molar-refractivity contribution in [2.75, 3.05) is 0 Å². The standard InChI is InChI=1S/C14H12Cl2N4O/c1-9(15)13-7-20(19-18-13)6-12-8-21-14(17-12)10-3-2-4-11(16)5-10/h2-5,7-9H,6H2,1H3. The van der Waals surface area contributed by atoms with Gasteiger partial charge < -0.3 is 4.42 Å². The van der Waals surface area contributed by atoms with E-state index in [4.69, 9.17) is 27.6 Å². The molecule has 21 heavy (non-hydrogen) atoms. The zero-order valence-electron chi connectivity index (χ0n) is 11.2. The van der Waals surface area contributed by atoms with Crippen molar-refractivity contribution < 1.29 is 4.42 Å². The highest BCUT2D eigenvalue weighted by atomic mass is 35.5. The van der Waals surface area contributed by atoms with Crippen LogP contribution < -0.4 is 0 Å². The average Bonchev–Trinajstić information content (AvgIpc) is 3.08. The molecular weight excluding hydrogens is 311 g/mol. The number of alkyl halides is 1. The molecule has 0 bridgehead atoms. The van der Waals surface area contributed by atoms with Gasteiger partial charge in [0.25, 0.3) is 0 Å². The van der Waals surface area contributed by atoms with E-state index in [0.29, 0.717) is 17.5 Å². The summed E-state index contributed by atoms with van der Waals surface area (Å²) in [5.74, 6) is 0.526. The predicted octanol–water partition coefficient (Wildman–Crippen LogP) is 3.93. The minimum atomic E-state index is -0.168. The maximum atomic E-state index is 5.96. The number of hydrogen-bond acceptors (Lipinski definition) is 4. The molecule has 1 aromatic carbocycles. The second-order valence-corrected chi connectivity index (χ2v) is 5.70. The predicted molar refractivity (Wildman–Crippen MR) is 80.3 cm³/mol. The van der Waals surface area contributed by atoms with Gasteiger partial charge in [-0.1, -0.05) is 22.9 Å². The van der Waals surface area contributed by atoms with Crippen LogP contribution in [-0.2, 0) is 6.54 Å². The van der Waals surface area contributed by atoms with E-state index in [1.54, 1.807) is 29.3 Å². The SMILES string of the molecule is CC(Cl)c1cn(Cc2coc(-c3cccc(Cl)c3)n2)nn1. The van der Waals surface area contributed by atoms with Crippen LogP contribution >= 0.6 is 23.2 Å². The molecule has 0 saturated heterocycles. The van der Waals surface area contributed by atoms with Gasteiger partial charge in [0.1, 0.15) is 17.7 Å². The lowest BCUT2D eigenvalue weighted by Gasteiger charge is -1.96. The molecule has 0 saturated carbocycles. The van der Waals surface area contributed by atoms with Crippen molar-refractivity contribution in [3.05, 3.63) is 53.1 Å². The number of halogens is 2. The van der Waals surface area contributed by atoms with Gasteiger partial charge >= 0.3 is 0 Å². The summed E-state index contributed by atoms with van der Waals surface area (Å²) in [6, 6.07) is 7.36. The van der Waals surface area contributed by atoms with Crippen LogP contribution in [0.15, 0.2) is 41.1 Å². The number of nitrogens with zero attached hydrogens (tertiary/aromatic N) is 4. The van der Waals surface area contributed by atoms with Gasteiger partial charge in [0.15, 0.2) is 0 Å². The molecule has 108 valence electrons. The maximum Gasteiger partial charge on any atom is 0.226 e. The van der Waals surface area contributed by atoms with Crippen molar-refractivity contribution in [2.45, 2.75) is 18.8 Å². The molecule has 0 aliphatic carbocycles. The zero-order valence-corrected chi connectivity index (χ0v) is 12.7. The fraction of sp³-hybridized carbons (Fsp3) is 0.214. The summed E-state index contributed by atoms with van der Waals surface area (Å²) in [6.07, 6.45) is 3.40. The van der Waals surface area contributed by atoms with Gasteiger partial charge in [-0.15, -0.1) is 16.7 Å². The van der Waals surface area contributed by atoms with E-state index in [1.807, 2.05) is 19.1 Å². The van der Waals surface area contributed by atoms with Crippen molar-refractivity contribution in [3.63, 3.8) is 0 Å². The molecule has 1 unspecified atom stereocenters.